The maximum Gasteiger partial charge on any atom is 0.237 e. The van der Waals surface area contributed by atoms with Crippen molar-refractivity contribution in [1.82, 2.24) is 15.3 Å². The third-order valence-corrected chi connectivity index (χ3v) is 3.38. The molecular formula is C16H21N3O. The minimum atomic E-state index is -0.0279. The molecule has 0 aliphatic rings. The first-order valence-electron chi connectivity index (χ1n) is 6.79. The first-order valence-corrected chi connectivity index (χ1v) is 6.79. The Morgan fingerprint density at radius 3 is 2.15 bits per heavy atom. The summed E-state index contributed by atoms with van der Waals surface area (Å²) in [4.78, 5) is 8.62. The van der Waals surface area contributed by atoms with Crippen molar-refractivity contribution in [3.63, 3.8) is 0 Å². The van der Waals surface area contributed by atoms with E-state index in [-0.39, 0.29) is 6.04 Å². The van der Waals surface area contributed by atoms with Gasteiger partial charge >= 0.3 is 0 Å². The minimum absolute atomic E-state index is 0.0279. The quantitative estimate of drug-likeness (QED) is 0.908. The van der Waals surface area contributed by atoms with E-state index in [1.807, 2.05) is 7.05 Å². The molecule has 0 spiro atoms. The van der Waals surface area contributed by atoms with Crippen LogP contribution >= 0.6 is 0 Å². The van der Waals surface area contributed by atoms with Gasteiger partial charge in [-0.3, -0.25) is 4.98 Å². The summed E-state index contributed by atoms with van der Waals surface area (Å²) in [6.07, 6.45) is 3.32. The van der Waals surface area contributed by atoms with Crippen molar-refractivity contribution < 1.29 is 4.74 Å². The number of methoxy groups -OCH3 is 1. The minimum Gasteiger partial charge on any atom is -0.480 e. The van der Waals surface area contributed by atoms with Crippen LogP contribution in [0.4, 0.5) is 0 Å². The maximum absolute atomic E-state index is 5.30. The molecule has 1 aromatic carbocycles. The first-order chi connectivity index (χ1) is 9.67. The lowest BCUT2D eigenvalue weighted by Crippen LogP contribution is -2.20. The van der Waals surface area contributed by atoms with Gasteiger partial charge in [-0.25, -0.2) is 4.98 Å². The molecule has 4 heteroatoms. The molecule has 0 aliphatic carbocycles. The number of benzene rings is 1. The molecule has 0 aliphatic heterocycles. The van der Waals surface area contributed by atoms with Gasteiger partial charge in [-0.15, -0.1) is 0 Å². The number of aromatic nitrogens is 2. The highest BCUT2D eigenvalue weighted by molar-refractivity contribution is 5.34. The Morgan fingerprint density at radius 2 is 1.60 bits per heavy atom. The monoisotopic (exact) mass is 271 g/mol. The van der Waals surface area contributed by atoms with E-state index in [1.54, 1.807) is 19.5 Å². The second-order valence-corrected chi connectivity index (χ2v) is 4.99. The van der Waals surface area contributed by atoms with Gasteiger partial charge in [-0.1, -0.05) is 38.1 Å². The Morgan fingerprint density at radius 1 is 1.00 bits per heavy atom. The number of nitrogens with one attached hydrogen (secondary N) is 1. The summed E-state index contributed by atoms with van der Waals surface area (Å²) in [6, 6.07) is 8.55. The van der Waals surface area contributed by atoms with Crippen LogP contribution in [0, 0.1) is 0 Å². The Labute approximate surface area is 120 Å². The predicted molar refractivity (Wildman–Crippen MR) is 80.0 cm³/mol. The van der Waals surface area contributed by atoms with Gasteiger partial charge < -0.3 is 10.1 Å². The van der Waals surface area contributed by atoms with Gasteiger partial charge in [0, 0.05) is 12.4 Å². The van der Waals surface area contributed by atoms with Crippen LogP contribution in [0.15, 0.2) is 36.7 Å². The molecule has 1 aromatic heterocycles. The molecule has 0 amide bonds. The number of hydrogen-bond donors (Lipinski definition) is 1. The van der Waals surface area contributed by atoms with E-state index >= 15 is 0 Å². The third-order valence-electron chi connectivity index (χ3n) is 3.38. The van der Waals surface area contributed by atoms with Gasteiger partial charge in [0.1, 0.15) is 5.69 Å². The van der Waals surface area contributed by atoms with E-state index in [9.17, 15) is 0 Å². The lowest BCUT2D eigenvalue weighted by atomic mass is 9.98. The molecule has 0 saturated carbocycles. The number of rotatable bonds is 5. The van der Waals surface area contributed by atoms with E-state index in [2.05, 4.69) is 53.4 Å². The zero-order valence-corrected chi connectivity index (χ0v) is 12.4. The van der Waals surface area contributed by atoms with Crippen LogP contribution in [0.1, 0.15) is 42.6 Å². The van der Waals surface area contributed by atoms with Crippen LogP contribution in [0.2, 0.25) is 0 Å². The number of hydrogen-bond acceptors (Lipinski definition) is 4. The summed E-state index contributed by atoms with van der Waals surface area (Å²) >= 11 is 0. The van der Waals surface area contributed by atoms with Crippen molar-refractivity contribution in [1.29, 1.82) is 0 Å². The second-order valence-electron chi connectivity index (χ2n) is 4.99. The van der Waals surface area contributed by atoms with Crippen molar-refractivity contribution >= 4 is 0 Å². The van der Waals surface area contributed by atoms with Gasteiger partial charge in [-0.2, -0.15) is 0 Å². The average molecular weight is 271 g/mol. The number of nitrogens with zero attached hydrogens (tertiary/aromatic N) is 2. The summed E-state index contributed by atoms with van der Waals surface area (Å²) < 4.78 is 5.30. The molecule has 20 heavy (non-hydrogen) atoms. The van der Waals surface area contributed by atoms with Crippen molar-refractivity contribution in [2.75, 3.05) is 14.2 Å². The fourth-order valence-electron chi connectivity index (χ4n) is 2.23. The SMILES string of the molecule is CNC(c1ccc(C(C)C)cc1)c1nccnc1OC. The highest BCUT2D eigenvalue weighted by Gasteiger charge is 2.18. The highest BCUT2D eigenvalue weighted by atomic mass is 16.5. The summed E-state index contributed by atoms with van der Waals surface area (Å²) in [5.74, 6) is 1.09. The standard InChI is InChI=1S/C16H21N3O/c1-11(2)12-5-7-13(8-6-12)14(17-3)15-16(20-4)19-10-9-18-15/h5-11,14,17H,1-4H3. The third kappa shape index (κ3) is 2.96. The van der Waals surface area contributed by atoms with Crippen LogP contribution in [-0.4, -0.2) is 24.1 Å². The first kappa shape index (κ1) is 14.5. The highest BCUT2D eigenvalue weighted by Crippen LogP contribution is 2.27. The normalized spacial score (nSPS) is 12.4. The molecule has 2 rings (SSSR count). The molecule has 106 valence electrons. The molecular weight excluding hydrogens is 250 g/mol. The topological polar surface area (TPSA) is 47.0 Å². The van der Waals surface area contributed by atoms with Crippen molar-refractivity contribution in [2.45, 2.75) is 25.8 Å². The van der Waals surface area contributed by atoms with Gasteiger partial charge in [0.25, 0.3) is 0 Å². The van der Waals surface area contributed by atoms with Crippen LogP contribution in [0.3, 0.4) is 0 Å². The Kier molecular flexibility index (Phi) is 4.69. The van der Waals surface area contributed by atoms with E-state index in [0.29, 0.717) is 11.8 Å². The molecule has 1 unspecified atom stereocenters. The molecule has 1 N–H and O–H groups in total. The zero-order chi connectivity index (χ0) is 14.5. The number of ether oxygens (including phenoxy) is 1. The molecule has 0 radical (unpaired) electrons. The molecule has 0 fully saturated rings. The van der Waals surface area contributed by atoms with Crippen molar-refractivity contribution in [3.05, 3.63) is 53.5 Å². The van der Waals surface area contributed by atoms with Crippen LogP contribution in [0.25, 0.3) is 0 Å². The summed E-state index contributed by atoms with van der Waals surface area (Å²) in [5.41, 5.74) is 3.28. The van der Waals surface area contributed by atoms with Crippen LogP contribution in [-0.2, 0) is 0 Å². The lowest BCUT2D eigenvalue weighted by Gasteiger charge is -2.18. The van der Waals surface area contributed by atoms with Crippen molar-refractivity contribution in [3.8, 4) is 5.88 Å². The zero-order valence-electron chi connectivity index (χ0n) is 12.4. The summed E-state index contributed by atoms with van der Waals surface area (Å²) in [6.45, 7) is 4.38. The van der Waals surface area contributed by atoms with Gasteiger partial charge in [0.05, 0.1) is 13.2 Å². The average Bonchev–Trinajstić information content (AvgIpc) is 2.49. The van der Waals surface area contributed by atoms with Crippen LogP contribution in [0.5, 0.6) is 5.88 Å². The molecule has 4 nitrogen and oxygen atoms in total. The van der Waals surface area contributed by atoms with E-state index < -0.39 is 0 Å². The predicted octanol–water partition coefficient (Wildman–Crippen LogP) is 2.92. The molecule has 1 heterocycles. The Balaban J connectivity index is 2.36. The fraction of sp³-hybridized carbons (Fsp3) is 0.375. The fourth-order valence-corrected chi connectivity index (χ4v) is 2.23. The Bertz CT molecular complexity index is 552. The maximum atomic E-state index is 5.30. The lowest BCUT2D eigenvalue weighted by molar-refractivity contribution is 0.384. The van der Waals surface area contributed by atoms with Gasteiger partial charge in [-0.05, 0) is 24.1 Å². The van der Waals surface area contributed by atoms with Crippen molar-refractivity contribution in [2.24, 2.45) is 0 Å². The molecule has 1 atom stereocenters. The molecule has 0 bridgehead atoms. The Hall–Kier alpha value is -1.94. The van der Waals surface area contributed by atoms with E-state index in [1.165, 1.54) is 5.56 Å². The largest absolute Gasteiger partial charge is 0.480 e. The van der Waals surface area contributed by atoms with Gasteiger partial charge in [0.2, 0.25) is 5.88 Å². The molecule has 0 saturated heterocycles. The smallest absolute Gasteiger partial charge is 0.237 e. The second kappa shape index (κ2) is 6.48. The molecule has 2 aromatic rings. The van der Waals surface area contributed by atoms with E-state index in [4.69, 9.17) is 4.74 Å². The summed E-state index contributed by atoms with van der Waals surface area (Å²) in [7, 11) is 3.53. The van der Waals surface area contributed by atoms with E-state index in [0.717, 1.165) is 11.3 Å². The van der Waals surface area contributed by atoms with Crippen LogP contribution < -0.4 is 10.1 Å². The van der Waals surface area contributed by atoms with Gasteiger partial charge in [0.15, 0.2) is 0 Å². The summed E-state index contributed by atoms with van der Waals surface area (Å²) in [5, 5.41) is 3.28.